The Bertz CT molecular complexity index is 766. The number of urea groups is 1. The molecule has 2 aliphatic heterocycles. The Labute approximate surface area is 132 Å². The Kier molecular flexibility index (Phi) is 3.38. The van der Waals surface area contributed by atoms with Crippen molar-refractivity contribution in [3.63, 3.8) is 0 Å². The van der Waals surface area contributed by atoms with Crippen LogP contribution in [0.15, 0.2) is 22.6 Å². The number of carbonyl (C=O) groups is 2. The van der Waals surface area contributed by atoms with Crippen LogP contribution in [0.25, 0.3) is 11.1 Å². The van der Waals surface area contributed by atoms with E-state index in [0.717, 1.165) is 31.7 Å². The number of nitrogens with one attached hydrogen (secondary N) is 2. The zero-order valence-electron chi connectivity index (χ0n) is 12.5. The average molecular weight is 315 g/mol. The van der Waals surface area contributed by atoms with E-state index in [2.05, 4.69) is 20.5 Å². The van der Waals surface area contributed by atoms with Gasteiger partial charge in [0.2, 0.25) is 5.91 Å². The van der Waals surface area contributed by atoms with Crippen molar-refractivity contribution >= 4 is 34.7 Å². The molecule has 2 aliphatic rings. The molecule has 23 heavy (non-hydrogen) atoms. The van der Waals surface area contributed by atoms with Crippen LogP contribution < -0.4 is 20.4 Å². The fraction of sp³-hybridized carbons (Fsp3) is 0.400. The van der Waals surface area contributed by atoms with Crippen LogP contribution in [0.4, 0.5) is 16.5 Å². The molecule has 4 rings (SSSR count). The number of oxazole rings is 1. The third kappa shape index (κ3) is 2.61. The predicted molar refractivity (Wildman–Crippen MR) is 84.6 cm³/mol. The second kappa shape index (κ2) is 5.54. The lowest BCUT2D eigenvalue weighted by Crippen LogP contribution is -2.49. The quantitative estimate of drug-likeness (QED) is 0.847. The highest BCUT2D eigenvalue weighted by Crippen LogP contribution is 2.27. The molecular formula is C15H17N5O3. The van der Waals surface area contributed by atoms with Gasteiger partial charge in [-0.25, -0.2) is 4.79 Å². The number of fused-ring (bicyclic) bond motifs is 1. The van der Waals surface area contributed by atoms with Crippen molar-refractivity contribution in [2.75, 3.05) is 42.5 Å². The maximum atomic E-state index is 11.9. The van der Waals surface area contributed by atoms with Crippen LogP contribution in [-0.4, -0.2) is 49.6 Å². The first-order valence-corrected chi connectivity index (χ1v) is 7.68. The van der Waals surface area contributed by atoms with Crippen molar-refractivity contribution in [1.29, 1.82) is 0 Å². The first-order valence-electron chi connectivity index (χ1n) is 7.68. The van der Waals surface area contributed by atoms with Crippen molar-refractivity contribution in [3.05, 3.63) is 18.2 Å². The number of nitrogens with zero attached hydrogens (tertiary/aromatic N) is 3. The van der Waals surface area contributed by atoms with Gasteiger partial charge in [-0.3, -0.25) is 15.0 Å². The standard InChI is InChI=1S/C15H17N5O3/c21-13-3-6-20(14(22)18-13)10-1-2-11-12(9-10)23-15(17-11)19-7-4-16-5-8-19/h1-2,9,16H,3-8H2,(H,18,21,22). The van der Waals surface area contributed by atoms with Crippen molar-refractivity contribution in [1.82, 2.24) is 15.6 Å². The van der Waals surface area contributed by atoms with E-state index in [1.807, 2.05) is 12.1 Å². The fourth-order valence-corrected chi connectivity index (χ4v) is 2.87. The molecule has 1 aromatic carbocycles. The highest BCUT2D eigenvalue weighted by molar-refractivity contribution is 6.06. The minimum atomic E-state index is -0.401. The molecule has 2 fully saturated rings. The van der Waals surface area contributed by atoms with E-state index in [4.69, 9.17) is 4.42 Å². The van der Waals surface area contributed by atoms with Gasteiger partial charge in [0.05, 0.1) is 0 Å². The summed E-state index contributed by atoms with van der Waals surface area (Å²) in [7, 11) is 0. The maximum Gasteiger partial charge on any atom is 0.328 e. The highest BCUT2D eigenvalue weighted by atomic mass is 16.4. The topological polar surface area (TPSA) is 90.7 Å². The lowest BCUT2D eigenvalue weighted by atomic mass is 10.2. The van der Waals surface area contributed by atoms with Gasteiger partial charge in [0.25, 0.3) is 6.01 Å². The Hall–Kier alpha value is -2.61. The minimum Gasteiger partial charge on any atom is -0.423 e. The summed E-state index contributed by atoms with van der Waals surface area (Å²) in [4.78, 5) is 31.3. The van der Waals surface area contributed by atoms with E-state index in [-0.39, 0.29) is 5.91 Å². The third-order valence-electron chi connectivity index (χ3n) is 4.11. The van der Waals surface area contributed by atoms with Gasteiger partial charge in [0.1, 0.15) is 5.52 Å². The van der Waals surface area contributed by atoms with Crippen LogP contribution in [-0.2, 0) is 4.79 Å². The molecule has 2 aromatic rings. The Morgan fingerprint density at radius 1 is 1.13 bits per heavy atom. The number of imide groups is 1. The third-order valence-corrected chi connectivity index (χ3v) is 4.11. The van der Waals surface area contributed by atoms with E-state index < -0.39 is 6.03 Å². The molecule has 2 saturated heterocycles. The van der Waals surface area contributed by atoms with Crippen LogP contribution in [0.2, 0.25) is 0 Å². The number of carbonyl (C=O) groups excluding carboxylic acids is 2. The lowest BCUT2D eigenvalue weighted by Gasteiger charge is -2.26. The SMILES string of the molecule is O=C1CCN(c2ccc3nc(N4CCNCC4)oc3c2)C(=O)N1. The molecule has 1 aromatic heterocycles. The van der Waals surface area contributed by atoms with Gasteiger partial charge in [-0.15, -0.1) is 0 Å². The van der Waals surface area contributed by atoms with E-state index in [0.29, 0.717) is 30.3 Å². The molecule has 2 N–H and O–H groups in total. The zero-order chi connectivity index (χ0) is 15.8. The van der Waals surface area contributed by atoms with Crippen molar-refractivity contribution in [2.24, 2.45) is 0 Å². The summed E-state index contributed by atoms with van der Waals surface area (Å²) in [6.45, 7) is 3.90. The lowest BCUT2D eigenvalue weighted by molar-refractivity contribution is -0.120. The second-order valence-electron chi connectivity index (χ2n) is 5.64. The molecule has 3 heterocycles. The monoisotopic (exact) mass is 315 g/mol. The summed E-state index contributed by atoms with van der Waals surface area (Å²) in [5.74, 6) is -0.243. The summed E-state index contributed by atoms with van der Waals surface area (Å²) in [5, 5.41) is 5.61. The van der Waals surface area contributed by atoms with Gasteiger partial charge in [-0.1, -0.05) is 0 Å². The molecule has 0 radical (unpaired) electrons. The molecular weight excluding hydrogens is 298 g/mol. The largest absolute Gasteiger partial charge is 0.423 e. The summed E-state index contributed by atoms with van der Waals surface area (Å²) in [6.07, 6.45) is 0.298. The van der Waals surface area contributed by atoms with Crippen LogP contribution >= 0.6 is 0 Å². The number of anilines is 2. The number of benzene rings is 1. The number of amides is 3. The van der Waals surface area contributed by atoms with Gasteiger partial charge >= 0.3 is 6.03 Å². The number of hydrogen-bond donors (Lipinski definition) is 2. The number of aromatic nitrogens is 1. The molecule has 0 aliphatic carbocycles. The first kappa shape index (κ1) is 14.0. The van der Waals surface area contributed by atoms with Gasteiger partial charge in [-0.2, -0.15) is 4.98 Å². The van der Waals surface area contributed by atoms with Gasteiger partial charge < -0.3 is 14.6 Å². The highest BCUT2D eigenvalue weighted by Gasteiger charge is 2.25. The van der Waals surface area contributed by atoms with Crippen LogP contribution in [0.3, 0.4) is 0 Å². The van der Waals surface area contributed by atoms with E-state index in [9.17, 15) is 9.59 Å². The smallest absolute Gasteiger partial charge is 0.328 e. The second-order valence-corrected chi connectivity index (χ2v) is 5.64. The Morgan fingerprint density at radius 2 is 1.96 bits per heavy atom. The number of piperazine rings is 1. The molecule has 3 amide bonds. The van der Waals surface area contributed by atoms with Gasteiger partial charge in [-0.05, 0) is 12.1 Å². The van der Waals surface area contributed by atoms with E-state index in [1.165, 1.54) is 4.90 Å². The Morgan fingerprint density at radius 3 is 2.74 bits per heavy atom. The van der Waals surface area contributed by atoms with Crippen LogP contribution in [0, 0.1) is 0 Å². The normalized spacial score (nSPS) is 19.3. The fourth-order valence-electron chi connectivity index (χ4n) is 2.87. The molecule has 0 bridgehead atoms. The minimum absolute atomic E-state index is 0.243. The molecule has 8 nitrogen and oxygen atoms in total. The van der Waals surface area contributed by atoms with Gasteiger partial charge in [0.15, 0.2) is 5.58 Å². The van der Waals surface area contributed by atoms with Crippen molar-refractivity contribution < 1.29 is 14.0 Å². The molecule has 0 saturated carbocycles. The number of rotatable bonds is 2. The van der Waals surface area contributed by atoms with E-state index >= 15 is 0 Å². The summed E-state index contributed by atoms with van der Waals surface area (Å²) >= 11 is 0. The van der Waals surface area contributed by atoms with Crippen LogP contribution in [0.5, 0.6) is 0 Å². The molecule has 0 unspecified atom stereocenters. The number of hydrogen-bond acceptors (Lipinski definition) is 6. The maximum absolute atomic E-state index is 11.9. The van der Waals surface area contributed by atoms with E-state index in [1.54, 1.807) is 6.07 Å². The molecule has 120 valence electrons. The summed E-state index contributed by atoms with van der Waals surface area (Å²) < 4.78 is 5.86. The first-order chi connectivity index (χ1) is 11.2. The van der Waals surface area contributed by atoms with Gasteiger partial charge in [0, 0.05) is 50.9 Å². The predicted octanol–water partition coefficient (Wildman–Crippen LogP) is 0.684. The summed E-state index contributed by atoms with van der Waals surface area (Å²) in [6, 6.07) is 5.66. The zero-order valence-corrected chi connectivity index (χ0v) is 12.5. The molecule has 0 spiro atoms. The molecule has 8 heteroatoms. The van der Waals surface area contributed by atoms with Crippen molar-refractivity contribution in [3.8, 4) is 0 Å². The Balaban J connectivity index is 1.62. The van der Waals surface area contributed by atoms with Crippen molar-refractivity contribution in [2.45, 2.75) is 6.42 Å². The van der Waals surface area contributed by atoms with Crippen LogP contribution in [0.1, 0.15) is 6.42 Å². The molecule has 0 atom stereocenters. The summed E-state index contributed by atoms with van der Waals surface area (Å²) in [5.41, 5.74) is 2.10. The average Bonchev–Trinajstić information content (AvgIpc) is 2.99.